The summed E-state index contributed by atoms with van der Waals surface area (Å²) in [6, 6.07) is 0. The molecule has 1 aliphatic heterocycles. The van der Waals surface area contributed by atoms with Gasteiger partial charge in [0.2, 0.25) is 5.91 Å². The van der Waals surface area contributed by atoms with Gasteiger partial charge in [-0.3, -0.25) is 4.79 Å². The standard InChI is InChI=1S/C14H25NO2/c16-11-13-7-4-8-15(10-13)14(17)9-12-5-2-1-3-6-12/h12-13,16H,1-11H2/t13-/m0/s1. The number of aliphatic hydroxyl groups excluding tert-OH is 1. The van der Waals surface area contributed by atoms with Crippen LogP contribution >= 0.6 is 0 Å². The molecule has 0 radical (unpaired) electrons. The maximum atomic E-state index is 12.2. The maximum absolute atomic E-state index is 12.2. The Kier molecular flexibility index (Phi) is 4.84. The van der Waals surface area contributed by atoms with Crippen LogP contribution in [0.15, 0.2) is 0 Å². The van der Waals surface area contributed by atoms with Crippen molar-refractivity contribution >= 4 is 5.91 Å². The fourth-order valence-corrected chi connectivity index (χ4v) is 3.21. The molecule has 98 valence electrons. The van der Waals surface area contributed by atoms with Crippen LogP contribution in [-0.2, 0) is 4.79 Å². The quantitative estimate of drug-likeness (QED) is 0.820. The molecule has 2 fully saturated rings. The number of amides is 1. The van der Waals surface area contributed by atoms with Crippen LogP contribution in [0.3, 0.4) is 0 Å². The predicted molar refractivity (Wildman–Crippen MR) is 67.6 cm³/mol. The first-order valence-corrected chi connectivity index (χ1v) is 7.18. The largest absolute Gasteiger partial charge is 0.396 e. The third-order valence-electron chi connectivity index (χ3n) is 4.32. The number of hydrogen-bond acceptors (Lipinski definition) is 2. The highest BCUT2D eigenvalue weighted by atomic mass is 16.3. The van der Waals surface area contributed by atoms with E-state index in [2.05, 4.69) is 0 Å². The van der Waals surface area contributed by atoms with E-state index in [4.69, 9.17) is 0 Å². The topological polar surface area (TPSA) is 40.5 Å². The number of carbonyl (C=O) groups excluding carboxylic acids is 1. The maximum Gasteiger partial charge on any atom is 0.222 e. The van der Waals surface area contributed by atoms with Gasteiger partial charge in [-0.1, -0.05) is 19.3 Å². The summed E-state index contributed by atoms with van der Waals surface area (Å²) in [5.41, 5.74) is 0. The molecular weight excluding hydrogens is 214 g/mol. The smallest absolute Gasteiger partial charge is 0.222 e. The highest BCUT2D eigenvalue weighted by Crippen LogP contribution is 2.27. The second-order valence-electron chi connectivity index (χ2n) is 5.74. The normalized spacial score (nSPS) is 27.1. The van der Waals surface area contributed by atoms with E-state index >= 15 is 0 Å². The highest BCUT2D eigenvalue weighted by Gasteiger charge is 2.25. The lowest BCUT2D eigenvalue weighted by Crippen LogP contribution is -2.41. The van der Waals surface area contributed by atoms with E-state index in [0.29, 0.717) is 17.7 Å². The molecule has 1 amide bonds. The van der Waals surface area contributed by atoms with Gasteiger partial charge in [-0.15, -0.1) is 0 Å². The lowest BCUT2D eigenvalue weighted by molar-refractivity contribution is -0.134. The second-order valence-corrected chi connectivity index (χ2v) is 5.74. The molecule has 0 aromatic rings. The third-order valence-corrected chi connectivity index (χ3v) is 4.32. The summed E-state index contributed by atoms with van der Waals surface area (Å²) in [6.45, 7) is 1.91. The zero-order valence-electron chi connectivity index (χ0n) is 10.7. The molecule has 1 saturated heterocycles. The van der Waals surface area contributed by atoms with Crippen molar-refractivity contribution in [2.75, 3.05) is 19.7 Å². The van der Waals surface area contributed by atoms with Crippen molar-refractivity contribution in [2.45, 2.75) is 51.4 Å². The molecule has 3 nitrogen and oxygen atoms in total. The van der Waals surface area contributed by atoms with E-state index in [0.717, 1.165) is 32.4 Å². The van der Waals surface area contributed by atoms with Gasteiger partial charge in [0, 0.05) is 26.1 Å². The Morgan fingerprint density at radius 3 is 2.47 bits per heavy atom. The molecule has 1 heterocycles. The minimum Gasteiger partial charge on any atom is -0.396 e. The summed E-state index contributed by atoms with van der Waals surface area (Å²) in [4.78, 5) is 14.2. The fourth-order valence-electron chi connectivity index (χ4n) is 3.21. The van der Waals surface area contributed by atoms with E-state index in [1.807, 2.05) is 4.90 Å². The van der Waals surface area contributed by atoms with Crippen LogP contribution in [0.1, 0.15) is 51.4 Å². The number of piperidine rings is 1. The number of likely N-dealkylation sites (tertiary alicyclic amines) is 1. The van der Waals surface area contributed by atoms with E-state index in [1.165, 1.54) is 32.1 Å². The monoisotopic (exact) mass is 239 g/mol. The predicted octanol–water partition coefficient (Wildman–Crippen LogP) is 2.19. The molecule has 0 unspecified atom stereocenters. The van der Waals surface area contributed by atoms with Crippen molar-refractivity contribution < 1.29 is 9.90 Å². The summed E-state index contributed by atoms with van der Waals surface area (Å²) in [7, 11) is 0. The van der Waals surface area contributed by atoms with Crippen LogP contribution in [0.25, 0.3) is 0 Å². The summed E-state index contributed by atoms with van der Waals surface area (Å²) in [5, 5.41) is 9.17. The number of hydrogen-bond donors (Lipinski definition) is 1. The fraction of sp³-hybridized carbons (Fsp3) is 0.929. The lowest BCUT2D eigenvalue weighted by Gasteiger charge is -2.33. The number of carbonyl (C=O) groups is 1. The Labute approximate surface area is 104 Å². The van der Waals surface area contributed by atoms with Crippen molar-refractivity contribution in [1.82, 2.24) is 4.90 Å². The van der Waals surface area contributed by atoms with Crippen molar-refractivity contribution in [3.8, 4) is 0 Å². The molecule has 0 spiro atoms. The first-order valence-electron chi connectivity index (χ1n) is 7.18. The first-order chi connectivity index (χ1) is 8.29. The Bertz CT molecular complexity index is 249. The minimum atomic E-state index is 0.229. The summed E-state index contributed by atoms with van der Waals surface area (Å²) >= 11 is 0. The number of rotatable bonds is 3. The zero-order chi connectivity index (χ0) is 12.1. The second kappa shape index (κ2) is 6.39. The van der Waals surface area contributed by atoms with Gasteiger partial charge in [-0.2, -0.15) is 0 Å². The number of nitrogens with zero attached hydrogens (tertiary/aromatic N) is 1. The lowest BCUT2D eigenvalue weighted by atomic mass is 9.86. The van der Waals surface area contributed by atoms with E-state index < -0.39 is 0 Å². The van der Waals surface area contributed by atoms with Crippen LogP contribution < -0.4 is 0 Å². The van der Waals surface area contributed by atoms with Crippen molar-refractivity contribution in [3.05, 3.63) is 0 Å². The Morgan fingerprint density at radius 1 is 1.06 bits per heavy atom. The van der Waals surface area contributed by atoms with Crippen molar-refractivity contribution in [2.24, 2.45) is 11.8 Å². The van der Waals surface area contributed by atoms with Gasteiger partial charge in [-0.25, -0.2) is 0 Å². The summed E-state index contributed by atoms with van der Waals surface area (Å²) in [6.07, 6.45) is 9.31. The van der Waals surface area contributed by atoms with Crippen LogP contribution in [0.4, 0.5) is 0 Å². The molecule has 1 aliphatic carbocycles. The Hall–Kier alpha value is -0.570. The first kappa shape index (κ1) is 12.9. The third kappa shape index (κ3) is 3.70. The van der Waals surface area contributed by atoms with E-state index in [1.54, 1.807) is 0 Å². The van der Waals surface area contributed by atoms with Gasteiger partial charge in [0.05, 0.1) is 0 Å². The van der Waals surface area contributed by atoms with Crippen molar-refractivity contribution in [1.29, 1.82) is 0 Å². The van der Waals surface area contributed by atoms with E-state index in [-0.39, 0.29) is 6.61 Å². The van der Waals surface area contributed by atoms with Crippen LogP contribution in [0.2, 0.25) is 0 Å². The average molecular weight is 239 g/mol. The highest BCUT2D eigenvalue weighted by molar-refractivity contribution is 5.76. The van der Waals surface area contributed by atoms with Crippen LogP contribution in [0, 0.1) is 11.8 Å². The minimum absolute atomic E-state index is 0.229. The summed E-state index contributed by atoms with van der Waals surface area (Å²) < 4.78 is 0. The van der Waals surface area contributed by atoms with Gasteiger partial charge in [-0.05, 0) is 37.5 Å². The van der Waals surface area contributed by atoms with Gasteiger partial charge < -0.3 is 10.0 Å². The molecule has 3 heteroatoms. The molecule has 2 rings (SSSR count). The average Bonchev–Trinajstić information content (AvgIpc) is 2.40. The van der Waals surface area contributed by atoms with E-state index in [9.17, 15) is 9.90 Å². The summed E-state index contributed by atoms with van der Waals surface area (Å²) in [5.74, 6) is 1.28. The van der Waals surface area contributed by atoms with Crippen molar-refractivity contribution in [3.63, 3.8) is 0 Å². The SMILES string of the molecule is O=C(CC1CCCCC1)N1CCC[C@H](CO)C1. The molecule has 17 heavy (non-hydrogen) atoms. The van der Waals surface area contributed by atoms with Gasteiger partial charge in [0.15, 0.2) is 0 Å². The van der Waals surface area contributed by atoms with Crippen LogP contribution in [0.5, 0.6) is 0 Å². The Morgan fingerprint density at radius 2 is 1.76 bits per heavy atom. The van der Waals surface area contributed by atoms with Gasteiger partial charge in [0.1, 0.15) is 0 Å². The zero-order valence-corrected chi connectivity index (χ0v) is 10.7. The number of aliphatic hydroxyl groups is 1. The molecule has 2 aliphatic rings. The molecule has 0 aromatic heterocycles. The molecule has 0 aromatic carbocycles. The molecule has 1 saturated carbocycles. The molecule has 1 N–H and O–H groups in total. The molecular formula is C14H25NO2. The molecule has 1 atom stereocenters. The Balaban J connectivity index is 1.78. The van der Waals surface area contributed by atoms with Gasteiger partial charge in [0.25, 0.3) is 0 Å². The molecule has 0 bridgehead atoms. The van der Waals surface area contributed by atoms with Gasteiger partial charge >= 0.3 is 0 Å². The van der Waals surface area contributed by atoms with Crippen LogP contribution in [-0.4, -0.2) is 35.6 Å².